The fourth-order valence-corrected chi connectivity index (χ4v) is 8.15. The zero-order chi connectivity index (χ0) is 60.9. The van der Waals surface area contributed by atoms with Gasteiger partial charge >= 0.3 is 18.4 Å². The van der Waals surface area contributed by atoms with Crippen LogP contribution in [-0.2, 0) is 31.5 Å². The Morgan fingerprint density at radius 2 is 0.942 bits per heavy atom. The molecule has 2 saturated heterocycles. The average Bonchev–Trinajstić information content (AvgIpc) is 1.93. The number of alkyl halides is 6. The molecule has 0 atom stereocenters. The van der Waals surface area contributed by atoms with Crippen LogP contribution in [0.5, 0.6) is 11.8 Å². The first kappa shape index (κ1) is 67.6. The molecule has 6 N–H and O–H groups in total. The van der Waals surface area contributed by atoms with Gasteiger partial charge in [0.1, 0.15) is 51.4 Å². The molecular formula is C56H65F6IN16O7. The topological polar surface area (TPSA) is 258 Å². The van der Waals surface area contributed by atoms with Crippen LogP contribution in [-0.4, -0.2) is 136 Å². The van der Waals surface area contributed by atoms with E-state index < -0.39 is 52.5 Å². The zero-order valence-corrected chi connectivity index (χ0v) is 49.1. The van der Waals surface area contributed by atoms with Crippen molar-refractivity contribution in [1.29, 1.82) is 0 Å². The molecule has 23 nitrogen and oxygen atoms in total. The van der Waals surface area contributed by atoms with E-state index in [-0.39, 0.29) is 78.4 Å². The summed E-state index contributed by atoms with van der Waals surface area (Å²) in [5.74, 6) is -0.613. The van der Waals surface area contributed by atoms with Gasteiger partial charge in [0.25, 0.3) is 0 Å². The third kappa shape index (κ3) is 18.6. The molecule has 0 unspecified atom stereocenters. The lowest BCUT2D eigenvalue weighted by Gasteiger charge is -2.36. The lowest BCUT2D eigenvalue weighted by Crippen LogP contribution is -2.50. The van der Waals surface area contributed by atoms with Gasteiger partial charge in [0.2, 0.25) is 41.4 Å². The first-order valence-corrected chi connectivity index (χ1v) is 25.7. The predicted molar refractivity (Wildman–Crippen MR) is 326 cm³/mol. The number of anilines is 12. The molecule has 0 bridgehead atoms. The molecule has 6 aromatic rings. The number of methoxy groups -OCH3 is 2. The number of ether oxygens (including phenoxy) is 3. The van der Waals surface area contributed by atoms with E-state index in [0.717, 1.165) is 12.2 Å². The monoisotopic (exact) mass is 1310 g/mol. The van der Waals surface area contributed by atoms with Crippen molar-refractivity contribution in [2.75, 3.05) is 108 Å². The maximum absolute atomic E-state index is 13.8. The van der Waals surface area contributed by atoms with Crippen LogP contribution < -0.4 is 51.2 Å². The molecule has 30 heteroatoms. The number of piperazine rings is 2. The predicted octanol–water partition coefficient (Wildman–Crippen LogP) is 11.0. The zero-order valence-electron chi connectivity index (χ0n) is 46.8. The highest BCUT2D eigenvalue weighted by Crippen LogP contribution is 2.39. The third-order valence-corrected chi connectivity index (χ3v) is 12.2. The Kier molecular flexibility index (Phi) is 23.2. The van der Waals surface area contributed by atoms with Crippen molar-refractivity contribution in [3.63, 3.8) is 0 Å². The quantitative estimate of drug-likeness (QED) is 0.0299. The summed E-state index contributed by atoms with van der Waals surface area (Å²) >= 11 is 0. The van der Waals surface area contributed by atoms with E-state index in [4.69, 9.17) is 14.2 Å². The number of aromatic nitrogens is 6. The number of amides is 4. The summed E-state index contributed by atoms with van der Waals surface area (Å²) in [6, 6.07) is 19.0. The van der Waals surface area contributed by atoms with Gasteiger partial charge in [-0.25, -0.2) is 14.8 Å². The molecule has 6 heterocycles. The Balaban J connectivity index is 0.000000308. The van der Waals surface area contributed by atoms with Gasteiger partial charge in [0, 0.05) is 94.4 Å². The van der Waals surface area contributed by atoms with Crippen LogP contribution in [0.2, 0.25) is 0 Å². The lowest BCUT2D eigenvalue weighted by molar-refractivity contribution is -0.138. The molecule has 0 radical (unpaired) electrons. The van der Waals surface area contributed by atoms with E-state index in [2.05, 4.69) is 75.0 Å². The number of pyridine rings is 2. The SMILES string of the molecule is C.C=CC(=O)Nc1cccc(Nc2nc(Nc3ccc(N4CCN(C(=O)OC(C)(C)C)CC4)nc3OC)ncc2C(F)(F)F)c1.C=CC(=O)Nc1cccc(Nc2nc(Nc3ccc(N4CCN(C(C)=O)CC4)nc3OC)ncc2C(F)(F)F)c1.I. The van der Waals surface area contributed by atoms with Crippen LogP contribution in [0.1, 0.15) is 46.2 Å². The van der Waals surface area contributed by atoms with E-state index in [1.54, 1.807) is 58.3 Å². The van der Waals surface area contributed by atoms with Crippen molar-refractivity contribution in [1.82, 2.24) is 39.7 Å². The van der Waals surface area contributed by atoms with E-state index in [1.165, 1.54) is 45.4 Å². The van der Waals surface area contributed by atoms with Gasteiger partial charge in [-0.2, -0.15) is 46.3 Å². The van der Waals surface area contributed by atoms with Gasteiger partial charge in [-0.05, 0) is 93.6 Å². The summed E-state index contributed by atoms with van der Waals surface area (Å²) in [6.07, 6.45) is -6.36. The molecule has 86 heavy (non-hydrogen) atoms. The molecule has 460 valence electrons. The Morgan fingerprint density at radius 1 is 0.558 bits per heavy atom. The van der Waals surface area contributed by atoms with Crippen LogP contribution >= 0.6 is 24.0 Å². The third-order valence-electron chi connectivity index (χ3n) is 12.2. The van der Waals surface area contributed by atoms with Gasteiger partial charge in [-0.1, -0.05) is 32.7 Å². The molecular weight excluding hydrogens is 1250 g/mol. The van der Waals surface area contributed by atoms with Crippen molar-refractivity contribution < 1.29 is 59.7 Å². The summed E-state index contributed by atoms with van der Waals surface area (Å²) in [6.45, 7) is 18.0. The first-order valence-electron chi connectivity index (χ1n) is 25.7. The highest BCUT2D eigenvalue weighted by molar-refractivity contribution is 14.0. The second-order valence-corrected chi connectivity index (χ2v) is 19.4. The summed E-state index contributed by atoms with van der Waals surface area (Å²) in [5, 5.41) is 16.2. The van der Waals surface area contributed by atoms with E-state index in [0.29, 0.717) is 99.1 Å². The molecule has 0 saturated carbocycles. The maximum atomic E-state index is 13.8. The molecule has 2 aliphatic heterocycles. The number of hydrogen-bond donors (Lipinski definition) is 6. The van der Waals surface area contributed by atoms with Crippen molar-refractivity contribution in [2.45, 2.75) is 53.1 Å². The molecule has 8 rings (SSSR count). The number of rotatable bonds is 16. The first-order chi connectivity index (χ1) is 39.8. The minimum absolute atomic E-state index is 0. The molecule has 0 spiro atoms. The molecule has 2 aliphatic rings. The number of halogens is 7. The largest absolute Gasteiger partial charge is 0.479 e. The molecule has 4 amide bonds. The van der Waals surface area contributed by atoms with Crippen LogP contribution in [0, 0.1) is 0 Å². The second kappa shape index (κ2) is 29.5. The smallest absolute Gasteiger partial charge is 0.421 e. The Bertz CT molecular complexity index is 3370. The Labute approximate surface area is 509 Å². The number of benzene rings is 2. The summed E-state index contributed by atoms with van der Waals surface area (Å²) < 4.78 is 99.0. The van der Waals surface area contributed by atoms with Gasteiger partial charge in [0.15, 0.2) is 0 Å². The van der Waals surface area contributed by atoms with Gasteiger partial charge in [-0.15, -0.1) is 24.0 Å². The fraction of sp³-hybridized carbons (Fsp3) is 0.321. The van der Waals surface area contributed by atoms with E-state index in [1.807, 2.05) is 30.6 Å². The summed E-state index contributed by atoms with van der Waals surface area (Å²) in [7, 11) is 2.83. The normalized spacial score (nSPS) is 13.2. The van der Waals surface area contributed by atoms with Crippen molar-refractivity contribution in [3.05, 3.63) is 122 Å². The van der Waals surface area contributed by atoms with Gasteiger partial charge in [-0.3, -0.25) is 14.4 Å². The number of carbonyl (C=O) groups is 4. The van der Waals surface area contributed by atoms with E-state index in [9.17, 15) is 45.5 Å². The van der Waals surface area contributed by atoms with Crippen LogP contribution in [0.4, 0.5) is 100 Å². The summed E-state index contributed by atoms with van der Waals surface area (Å²) in [4.78, 5) is 79.5. The standard InChI is InChI=1S/C29H33F3N8O4.C26H27F3N8O3.CH4.HI/c1-6-23(41)34-18-8-7-9-19(16-18)35-24-20(29(30,31)32)17-33-26(38-24)36-21-10-11-22(37-25(21)43-5)39-12-14-40(15-13-39)27(42)44-28(2,3)4;1-4-22(39)31-17-6-5-7-18(14-17)32-23-19(26(27,28)29)15-30-25(35-23)33-20-8-9-21(34-24(20)40-3)37-12-10-36(11-13-37)16(2)38;;/h6-11,16-17H,1,12-15H2,2-5H3,(H,34,41)(H2,33,35,36,38);4-9,14-15H,1,10-13H2,2-3H3,(H,31,39)(H2,30,32,33,35);1H4;1H. The van der Waals surface area contributed by atoms with Crippen LogP contribution in [0.15, 0.2) is 111 Å². The highest BCUT2D eigenvalue weighted by atomic mass is 127. The number of carbonyl (C=O) groups excluding carboxylic acids is 4. The summed E-state index contributed by atoms with van der Waals surface area (Å²) in [5.41, 5.74) is -0.884. The van der Waals surface area contributed by atoms with Crippen molar-refractivity contribution >= 4 is 117 Å². The van der Waals surface area contributed by atoms with Crippen molar-refractivity contribution in [2.24, 2.45) is 0 Å². The minimum atomic E-state index is -4.75. The lowest BCUT2D eigenvalue weighted by atomic mass is 10.2. The highest BCUT2D eigenvalue weighted by Gasteiger charge is 2.37. The molecule has 4 aromatic heterocycles. The second-order valence-electron chi connectivity index (χ2n) is 19.4. The minimum Gasteiger partial charge on any atom is -0.479 e. The number of hydrogen-bond acceptors (Lipinski definition) is 19. The van der Waals surface area contributed by atoms with Gasteiger partial charge < -0.3 is 65.7 Å². The molecule has 2 fully saturated rings. The van der Waals surface area contributed by atoms with Gasteiger partial charge in [0.05, 0.1) is 14.2 Å². The molecule has 0 aliphatic carbocycles. The van der Waals surface area contributed by atoms with Crippen molar-refractivity contribution in [3.8, 4) is 11.8 Å². The van der Waals surface area contributed by atoms with E-state index >= 15 is 0 Å². The Hall–Kier alpha value is -9.23. The Morgan fingerprint density at radius 3 is 1.29 bits per heavy atom. The molecule has 2 aromatic carbocycles. The maximum Gasteiger partial charge on any atom is 0.421 e. The number of nitrogens with zero attached hydrogens (tertiary/aromatic N) is 10. The van der Waals surface area contributed by atoms with Crippen LogP contribution in [0.25, 0.3) is 0 Å². The fourth-order valence-electron chi connectivity index (χ4n) is 8.15. The number of nitrogens with one attached hydrogen (secondary N) is 6. The average molecular weight is 1320 g/mol. The van der Waals surface area contributed by atoms with Crippen LogP contribution in [0.3, 0.4) is 0 Å².